The number of carbonyl (C=O) groups is 1. The highest BCUT2D eigenvalue weighted by Gasteiger charge is 2.06. The van der Waals surface area contributed by atoms with E-state index in [9.17, 15) is 9.59 Å². The van der Waals surface area contributed by atoms with Crippen molar-refractivity contribution in [1.29, 1.82) is 0 Å². The fourth-order valence-corrected chi connectivity index (χ4v) is 1.77. The van der Waals surface area contributed by atoms with Gasteiger partial charge in [-0.1, -0.05) is 6.07 Å². The summed E-state index contributed by atoms with van der Waals surface area (Å²) in [6.07, 6.45) is 1.85. The van der Waals surface area contributed by atoms with Crippen LogP contribution >= 0.6 is 0 Å². The van der Waals surface area contributed by atoms with Crippen molar-refractivity contribution in [3.8, 4) is 0 Å². The van der Waals surface area contributed by atoms with Gasteiger partial charge in [0.15, 0.2) is 5.58 Å². The predicted octanol–water partition coefficient (Wildman–Crippen LogP) is 0.776. The van der Waals surface area contributed by atoms with Crippen molar-refractivity contribution < 1.29 is 9.21 Å². The van der Waals surface area contributed by atoms with Gasteiger partial charge in [-0.25, -0.2) is 10.6 Å². The number of aryl methyl sites for hydroxylation is 1. The van der Waals surface area contributed by atoms with Crippen LogP contribution in [0.2, 0.25) is 0 Å². The molecule has 2 rings (SSSR count). The van der Waals surface area contributed by atoms with Crippen LogP contribution in [-0.4, -0.2) is 22.9 Å². The van der Waals surface area contributed by atoms with Crippen molar-refractivity contribution >= 4 is 17.0 Å². The van der Waals surface area contributed by atoms with E-state index in [2.05, 4.69) is 4.98 Å². The minimum Gasteiger partial charge on any atom is -0.408 e. The first kappa shape index (κ1) is 12.4. The molecule has 1 heterocycles. The molecule has 6 heteroatoms. The SMILES string of the molecule is CN(N)C(=O)CCCc1ccc2[nH]c(=O)oc2c1. The molecule has 0 saturated carbocycles. The molecule has 0 radical (unpaired) electrons. The average molecular weight is 249 g/mol. The molecule has 1 aromatic carbocycles. The first-order chi connectivity index (χ1) is 8.56. The van der Waals surface area contributed by atoms with Crippen LogP contribution in [0.4, 0.5) is 0 Å². The Bertz CT molecular complexity index is 612. The molecule has 0 saturated heterocycles. The van der Waals surface area contributed by atoms with E-state index in [1.165, 1.54) is 7.05 Å². The summed E-state index contributed by atoms with van der Waals surface area (Å²) >= 11 is 0. The third kappa shape index (κ3) is 2.78. The number of nitrogens with two attached hydrogens (primary N) is 1. The first-order valence-electron chi connectivity index (χ1n) is 5.69. The number of carbonyl (C=O) groups excluding carboxylic acids is 1. The van der Waals surface area contributed by atoms with E-state index in [4.69, 9.17) is 10.3 Å². The summed E-state index contributed by atoms with van der Waals surface area (Å²) in [6, 6.07) is 5.51. The zero-order chi connectivity index (χ0) is 13.1. The maximum atomic E-state index is 11.3. The summed E-state index contributed by atoms with van der Waals surface area (Å²) in [4.78, 5) is 24.9. The van der Waals surface area contributed by atoms with Crippen molar-refractivity contribution in [2.45, 2.75) is 19.3 Å². The molecule has 2 aromatic rings. The van der Waals surface area contributed by atoms with Crippen LogP contribution in [0.15, 0.2) is 27.4 Å². The summed E-state index contributed by atoms with van der Waals surface area (Å²) in [7, 11) is 1.53. The number of H-pyrrole nitrogens is 1. The number of aromatic nitrogens is 1. The molecule has 6 nitrogen and oxygen atoms in total. The molecule has 0 fully saturated rings. The number of fused-ring (bicyclic) bond motifs is 1. The molecule has 0 spiro atoms. The van der Waals surface area contributed by atoms with Crippen LogP contribution in [0.1, 0.15) is 18.4 Å². The number of hydrogen-bond acceptors (Lipinski definition) is 4. The van der Waals surface area contributed by atoms with Crippen LogP contribution in [-0.2, 0) is 11.2 Å². The number of nitrogens with one attached hydrogen (secondary N) is 1. The molecule has 96 valence electrons. The Balaban J connectivity index is 1.99. The Morgan fingerprint density at radius 3 is 3.00 bits per heavy atom. The third-order valence-corrected chi connectivity index (χ3v) is 2.73. The minimum atomic E-state index is -0.456. The molecule has 0 aliphatic rings. The lowest BCUT2D eigenvalue weighted by atomic mass is 10.1. The number of hydrazine groups is 1. The van der Waals surface area contributed by atoms with Crippen molar-refractivity contribution in [3.05, 3.63) is 34.3 Å². The van der Waals surface area contributed by atoms with E-state index in [1.807, 2.05) is 12.1 Å². The Morgan fingerprint density at radius 1 is 1.50 bits per heavy atom. The quantitative estimate of drug-likeness (QED) is 0.475. The van der Waals surface area contributed by atoms with Crippen LogP contribution in [0.25, 0.3) is 11.1 Å². The van der Waals surface area contributed by atoms with Gasteiger partial charge in [0.05, 0.1) is 5.52 Å². The van der Waals surface area contributed by atoms with E-state index >= 15 is 0 Å². The van der Waals surface area contributed by atoms with Gasteiger partial charge in [0.25, 0.3) is 0 Å². The maximum Gasteiger partial charge on any atom is 0.417 e. The maximum absolute atomic E-state index is 11.3. The molecule has 0 atom stereocenters. The third-order valence-electron chi connectivity index (χ3n) is 2.73. The second-order valence-corrected chi connectivity index (χ2v) is 4.20. The Morgan fingerprint density at radius 2 is 2.28 bits per heavy atom. The molecular formula is C12H15N3O3. The van der Waals surface area contributed by atoms with Crippen molar-refractivity contribution in [2.75, 3.05) is 7.05 Å². The van der Waals surface area contributed by atoms with E-state index < -0.39 is 5.76 Å². The van der Waals surface area contributed by atoms with Gasteiger partial charge in [0.1, 0.15) is 0 Å². The van der Waals surface area contributed by atoms with Crippen LogP contribution in [0.5, 0.6) is 0 Å². The molecule has 0 unspecified atom stereocenters. The van der Waals surface area contributed by atoms with Gasteiger partial charge >= 0.3 is 5.76 Å². The monoisotopic (exact) mass is 249 g/mol. The van der Waals surface area contributed by atoms with E-state index in [1.54, 1.807) is 6.07 Å². The van der Waals surface area contributed by atoms with E-state index in [0.29, 0.717) is 23.9 Å². The fourth-order valence-electron chi connectivity index (χ4n) is 1.77. The Kier molecular flexibility index (Phi) is 3.47. The molecular weight excluding hydrogens is 234 g/mol. The van der Waals surface area contributed by atoms with Crippen molar-refractivity contribution in [3.63, 3.8) is 0 Å². The number of rotatable bonds is 4. The molecule has 0 aliphatic carbocycles. The minimum absolute atomic E-state index is 0.0933. The highest BCUT2D eigenvalue weighted by Crippen LogP contribution is 2.14. The fraction of sp³-hybridized carbons (Fsp3) is 0.333. The van der Waals surface area contributed by atoms with E-state index in [0.717, 1.165) is 17.0 Å². The summed E-state index contributed by atoms with van der Waals surface area (Å²) in [5.41, 5.74) is 2.25. The van der Waals surface area contributed by atoms with Crippen LogP contribution < -0.4 is 11.6 Å². The van der Waals surface area contributed by atoms with Crippen LogP contribution in [0.3, 0.4) is 0 Å². The summed E-state index contributed by atoms with van der Waals surface area (Å²) in [6.45, 7) is 0. The molecule has 0 bridgehead atoms. The van der Waals surface area contributed by atoms with Crippen LogP contribution in [0, 0.1) is 0 Å². The average Bonchev–Trinajstić information content (AvgIpc) is 2.68. The number of aromatic amines is 1. The normalized spacial score (nSPS) is 10.8. The molecule has 1 amide bonds. The number of nitrogens with zero attached hydrogens (tertiary/aromatic N) is 1. The lowest BCUT2D eigenvalue weighted by Gasteiger charge is -2.09. The Hall–Kier alpha value is -2.08. The molecule has 18 heavy (non-hydrogen) atoms. The van der Waals surface area contributed by atoms with Gasteiger partial charge in [-0.15, -0.1) is 0 Å². The number of hydrogen-bond donors (Lipinski definition) is 2. The highest BCUT2D eigenvalue weighted by atomic mass is 16.4. The molecule has 0 aliphatic heterocycles. The Labute approximate surface area is 103 Å². The molecule has 3 N–H and O–H groups in total. The van der Waals surface area contributed by atoms with Gasteiger partial charge in [0.2, 0.25) is 5.91 Å². The second kappa shape index (κ2) is 5.05. The van der Waals surface area contributed by atoms with Crippen molar-refractivity contribution in [1.82, 2.24) is 9.99 Å². The van der Waals surface area contributed by atoms with Crippen molar-refractivity contribution in [2.24, 2.45) is 5.84 Å². The standard InChI is InChI=1S/C12H15N3O3/c1-15(13)11(16)4-2-3-8-5-6-9-10(7-8)18-12(17)14-9/h5-7H,2-4,13H2,1H3,(H,14,17). The second-order valence-electron chi connectivity index (χ2n) is 4.20. The predicted molar refractivity (Wildman–Crippen MR) is 66.7 cm³/mol. The number of oxazole rings is 1. The topological polar surface area (TPSA) is 92.3 Å². The van der Waals surface area contributed by atoms with Gasteiger partial charge in [-0.2, -0.15) is 0 Å². The zero-order valence-corrected chi connectivity index (χ0v) is 10.1. The van der Waals surface area contributed by atoms with Gasteiger partial charge in [-0.05, 0) is 30.5 Å². The lowest BCUT2D eigenvalue weighted by molar-refractivity contribution is -0.130. The highest BCUT2D eigenvalue weighted by molar-refractivity contribution is 5.75. The smallest absolute Gasteiger partial charge is 0.408 e. The lowest BCUT2D eigenvalue weighted by Crippen LogP contribution is -2.32. The largest absolute Gasteiger partial charge is 0.417 e. The molecule has 1 aromatic heterocycles. The first-order valence-corrected chi connectivity index (χ1v) is 5.69. The summed E-state index contributed by atoms with van der Waals surface area (Å²) in [5.74, 6) is 4.77. The summed E-state index contributed by atoms with van der Waals surface area (Å²) < 4.78 is 4.97. The van der Waals surface area contributed by atoms with Gasteiger partial charge in [0, 0.05) is 13.5 Å². The zero-order valence-electron chi connectivity index (χ0n) is 10.1. The number of amides is 1. The van der Waals surface area contributed by atoms with Gasteiger partial charge in [-0.3, -0.25) is 14.8 Å². The number of benzene rings is 1. The van der Waals surface area contributed by atoms with E-state index in [-0.39, 0.29) is 5.91 Å². The summed E-state index contributed by atoms with van der Waals surface area (Å²) in [5, 5.41) is 1.09. The van der Waals surface area contributed by atoms with Gasteiger partial charge < -0.3 is 4.42 Å².